The van der Waals surface area contributed by atoms with Crippen molar-refractivity contribution in [2.24, 2.45) is 17.6 Å². The third kappa shape index (κ3) is 4.10. The fourth-order valence-electron chi connectivity index (χ4n) is 6.45. The number of phenols is 1. The minimum Gasteiger partial charge on any atom is -0.510 e. The van der Waals surface area contributed by atoms with Crippen molar-refractivity contribution in [2.75, 3.05) is 26.0 Å². The summed E-state index contributed by atoms with van der Waals surface area (Å²) in [5.74, 6) is -7.67. The number of phenolic OH excluding ortho intramolecular Hbond substituents is 1. The highest BCUT2D eigenvalue weighted by molar-refractivity contribution is 6.25. The number of ketones is 2. The molecule has 0 spiro atoms. The van der Waals surface area contributed by atoms with Crippen LogP contribution in [0, 0.1) is 11.8 Å². The number of aromatic hydroxyl groups is 1. The molecule has 2 amide bonds. The molecule has 5 rings (SSSR count). The van der Waals surface area contributed by atoms with Crippen LogP contribution in [0.15, 0.2) is 59.1 Å². The number of likely N-dealkylation sites (N-methyl/N-ethyl adjacent to an activating group) is 1. The van der Waals surface area contributed by atoms with E-state index in [0.717, 1.165) is 0 Å². The van der Waals surface area contributed by atoms with Crippen LogP contribution in [0.3, 0.4) is 0 Å². The second-order valence-electron chi connectivity index (χ2n) is 10.7. The number of hydrogen-bond donors (Lipinski definition) is 7. The van der Waals surface area contributed by atoms with E-state index in [1.54, 1.807) is 44.4 Å². The molecule has 3 aliphatic carbocycles. The van der Waals surface area contributed by atoms with Crippen molar-refractivity contribution in [1.82, 2.24) is 4.90 Å². The van der Waals surface area contributed by atoms with Crippen molar-refractivity contribution in [1.29, 1.82) is 0 Å². The summed E-state index contributed by atoms with van der Waals surface area (Å²) >= 11 is 0. The SMILES string of the molecule is CN(C)[C@@H]1C(O)=C(C(N)=O)C(=O)[C@@]2(O)C(O)=C3C(=O)c4c(O)ccc(-c5ccc(NC(=O)CO)cc5)c4C[C@H]3C[C@H]12. The van der Waals surface area contributed by atoms with Crippen molar-refractivity contribution in [3.63, 3.8) is 0 Å². The average Bonchev–Trinajstić information content (AvgIpc) is 2.91. The van der Waals surface area contributed by atoms with Gasteiger partial charge < -0.3 is 36.6 Å². The van der Waals surface area contributed by atoms with Crippen LogP contribution in [0.4, 0.5) is 5.69 Å². The molecule has 8 N–H and O–H groups in total. The van der Waals surface area contributed by atoms with Crippen molar-refractivity contribution < 1.29 is 44.7 Å². The number of amides is 2. The number of benzene rings is 2. The van der Waals surface area contributed by atoms with Crippen LogP contribution in [0.1, 0.15) is 22.3 Å². The number of nitrogens with zero attached hydrogens (tertiary/aromatic N) is 1. The van der Waals surface area contributed by atoms with E-state index in [4.69, 9.17) is 10.8 Å². The molecule has 41 heavy (non-hydrogen) atoms. The van der Waals surface area contributed by atoms with Crippen LogP contribution in [0.5, 0.6) is 5.75 Å². The zero-order valence-corrected chi connectivity index (χ0v) is 22.2. The van der Waals surface area contributed by atoms with Crippen LogP contribution in [0.25, 0.3) is 11.1 Å². The maximum Gasteiger partial charge on any atom is 0.255 e. The first kappa shape index (κ1) is 28.0. The van der Waals surface area contributed by atoms with E-state index in [1.165, 1.54) is 11.0 Å². The van der Waals surface area contributed by atoms with Gasteiger partial charge in [0, 0.05) is 17.2 Å². The number of hydrogen-bond acceptors (Lipinski definition) is 10. The molecule has 0 aliphatic heterocycles. The lowest BCUT2D eigenvalue weighted by Gasteiger charge is -2.50. The summed E-state index contributed by atoms with van der Waals surface area (Å²) in [6.07, 6.45) is 0.119. The Morgan fingerprint density at radius 3 is 2.32 bits per heavy atom. The molecule has 4 atom stereocenters. The third-order valence-corrected chi connectivity index (χ3v) is 8.23. The number of aliphatic hydroxyl groups excluding tert-OH is 3. The van der Waals surface area contributed by atoms with Crippen molar-refractivity contribution >= 4 is 29.1 Å². The van der Waals surface area contributed by atoms with E-state index in [1.807, 2.05) is 0 Å². The lowest BCUT2D eigenvalue weighted by molar-refractivity contribution is -0.148. The van der Waals surface area contributed by atoms with Gasteiger partial charge >= 0.3 is 0 Å². The van der Waals surface area contributed by atoms with Gasteiger partial charge in [-0.15, -0.1) is 0 Å². The number of fused-ring (bicyclic) bond motifs is 3. The standard InChI is InChI=1S/C29H29N3O9/c1-32(2)23-17-10-13-9-16-15(12-3-5-14(6-4-12)31-19(35)11-33)7-8-18(34)21(16)24(36)20(13)26(38)29(17,41)27(39)22(25(23)37)28(30)40/h3-8,13,17,23,33-34,37-38,41H,9-11H2,1-2H3,(H2,30,40)(H,31,35)/t13-,17+,23-,29-/m0/s1. The van der Waals surface area contributed by atoms with E-state index < -0.39 is 70.6 Å². The highest BCUT2D eigenvalue weighted by Crippen LogP contribution is 2.53. The highest BCUT2D eigenvalue weighted by Gasteiger charge is 2.63. The molecule has 2 aromatic rings. The number of nitrogens with one attached hydrogen (secondary N) is 1. The molecule has 214 valence electrons. The Morgan fingerprint density at radius 2 is 1.73 bits per heavy atom. The van der Waals surface area contributed by atoms with Crippen molar-refractivity contribution in [3.05, 3.63) is 70.2 Å². The molecule has 2 aromatic carbocycles. The number of aliphatic hydroxyl groups is 4. The summed E-state index contributed by atoms with van der Waals surface area (Å²) in [4.78, 5) is 52.3. The molecule has 3 aliphatic rings. The van der Waals surface area contributed by atoms with E-state index in [-0.39, 0.29) is 29.7 Å². The number of allylic oxidation sites excluding steroid dienone is 1. The molecular formula is C29H29N3O9. The number of anilines is 1. The van der Waals surface area contributed by atoms with Gasteiger partial charge in [0.2, 0.25) is 11.7 Å². The fourth-order valence-corrected chi connectivity index (χ4v) is 6.45. The molecule has 0 saturated carbocycles. The van der Waals surface area contributed by atoms with Gasteiger partial charge in [-0.2, -0.15) is 0 Å². The molecule has 0 aromatic heterocycles. The molecule has 0 bridgehead atoms. The Kier molecular flexibility index (Phi) is 6.72. The smallest absolute Gasteiger partial charge is 0.255 e. The van der Waals surface area contributed by atoms with Crippen LogP contribution in [-0.4, -0.2) is 86.2 Å². The fraction of sp³-hybridized carbons (Fsp3) is 0.310. The molecule has 0 radical (unpaired) electrons. The Labute approximate surface area is 234 Å². The van der Waals surface area contributed by atoms with Crippen LogP contribution < -0.4 is 11.1 Å². The zero-order valence-electron chi connectivity index (χ0n) is 22.2. The van der Waals surface area contributed by atoms with Crippen molar-refractivity contribution in [2.45, 2.75) is 24.5 Å². The number of carbonyl (C=O) groups is 4. The molecular weight excluding hydrogens is 534 g/mol. The van der Waals surface area contributed by atoms with E-state index in [2.05, 4.69) is 5.32 Å². The maximum atomic E-state index is 13.9. The summed E-state index contributed by atoms with van der Waals surface area (Å²) in [6.45, 7) is -0.673. The van der Waals surface area contributed by atoms with Gasteiger partial charge in [0.25, 0.3) is 5.91 Å². The Bertz CT molecular complexity index is 1570. The predicted octanol–water partition coefficient (Wildman–Crippen LogP) is 0.718. The summed E-state index contributed by atoms with van der Waals surface area (Å²) in [7, 11) is 3.13. The number of primary amides is 1. The van der Waals surface area contributed by atoms with Crippen LogP contribution in [-0.2, 0) is 20.8 Å². The average molecular weight is 564 g/mol. The lowest BCUT2D eigenvalue weighted by Crippen LogP contribution is -2.63. The predicted molar refractivity (Wildman–Crippen MR) is 145 cm³/mol. The van der Waals surface area contributed by atoms with Crippen LogP contribution in [0.2, 0.25) is 0 Å². The van der Waals surface area contributed by atoms with Gasteiger partial charge in [0.1, 0.15) is 29.4 Å². The Balaban J connectivity index is 1.64. The highest BCUT2D eigenvalue weighted by atomic mass is 16.3. The molecule has 0 saturated heterocycles. The topological polar surface area (TPSA) is 211 Å². The second kappa shape index (κ2) is 9.84. The zero-order chi connectivity index (χ0) is 30.0. The van der Waals surface area contributed by atoms with E-state index in [9.17, 15) is 39.6 Å². The number of rotatable bonds is 5. The first-order valence-electron chi connectivity index (χ1n) is 12.8. The first-order valence-corrected chi connectivity index (χ1v) is 12.8. The van der Waals surface area contributed by atoms with Gasteiger partial charge in [-0.05, 0) is 67.7 Å². The molecule has 12 nitrogen and oxygen atoms in total. The molecule has 0 fully saturated rings. The Hall–Kier alpha value is -4.52. The van der Waals surface area contributed by atoms with E-state index in [0.29, 0.717) is 22.4 Å². The largest absolute Gasteiger partial charge is 0.510 e. The quantitative estimate of drug-likeness (QED) is 0.253. The van der Waals surface area contributed by atoms with Crippen molar-refractivity contribution in [3.8, 4) is 16.9 Å². The molecule has 12 heteroatoms. The van der Waals surface area contributed by atoms with Gasteiger partial charge in [0.05, 0.1) is 11.6 Å². The summed E-state index contributed by atoms with van der Waals surface area (Å²) in [5.41, 5.74) is 3.65. The van der Waals surface area contributed by atoms with Gasteiger partial charge in [-0.25, -0.2) is 0 Å². The molecule has 0 unspecified atom stereocenters. The first-order chi connectivity index (χ1) is 19.3. The maximum absolute atomic E-state index is 13.9. The summed E-state index contributed by atoms with van der Waals surface area (Å²) in [6, 6.07) is 8.51. The summed E-state index contributed by atoms with van der Waals surface area (Å²) in [5, 5.41) is 56.2. The lowest BCUT2D eigenvalue weighted by atomic mass is 9.58. The Morgan fingerprint density at radius 1 is 1.07 bits per heavy atom. The minimum atomic E-state index is -2.70. The second-order valence-corrected chi connectivity index (χ2v) is 10.7. The number of nitrogens with two attached hydrogens (primary N) is 1. The van der Waals surface area contributed by atoms with E-state index >= 15 is 0 Å². The van der Waals surface area contributed by atoms with Gasteiger partial charge in [0.15, 0.2) is 11.4 Å². The van der Waals surface area contributed by atoms with Gasteiger partial charge in [-0.1, -0.05) is 18.2 Å². The molecule has 0 heterocycles. The monoisotopic (exact) mass is 563 g/mol. The minimum absolute atomic E-state index is 0.0208. The summed E-state index contributed by atoms with van der Waals surface area (Å²) < 4.78 is 0. The number of carbonyl (C=O) groups excluding carboxylic acids is 4. The third-order valence-electron chi connectivity index (χ3n) is 8.23. The normalized spacial score (nSPS) is 25.5. The van der Waals surface area contributed by atoms with Crippen LogP contribution >= 0.6 is 0 Å². The van der Waals surface area contributed by atoms with Gasteiger partial charge in [-0.3, -0.25) is 24.1 Å². The number of Topliss-reactive ketones (excluding diaryl/α,β-unsaturated/α-hetero) is 2.